The molecular weight excluding hydrogens is 505 g/mol. The summed E-state index contributed by atoms with van der Waals surface area (Å²) in [6.07, 6.45) is -4.47. The molecule has 188 valence electrons. The summed E-state index contributed by atoms with van der Waals surface area (Å²) in [5.74, 6) is -0.369. The van der Waals surface area contributed by atoms with E-state index in [1.165, 1.54) is 23.5 Å². The third kappa shape index (κ3) is 6.98. The highest BCUT2D eigenvalue weighted by molar-refractivity contribution is 7.99. The largest absolute Gasteiger partial charge is 0.486 e. The Hall–Kier alpha value is -3.06. The van der Waals surface area contributed by atoms with E-state index < -0.39 is 17.7 Å². The average Bonchev–Trinajstić information content (AvgIpc) is 3.38. The number of anilines is 1. The van der Waals surface area contributed by atoms with Crippen LogP contribution in [0.15, 0.2) is 35.5 Å². The van der Waals surface area contributed by atoms with Crippen LogP contribution in [0.25, 0.3) is 0 Å². The van der Waals surface area contributed by atoms with Crippen molar-refractivity contribution in [2.45, 2.75) is 45.3 Å². The van der Waals surface area contributed by atoms with Gasteiger partial charge < -0.3 is 19.4 Å². The molecule has 2 heterocycles. The first-order valence-electron chi connectivity index (χ1n) is 10.5. The summed E-state index contributed by atoms with van der Waals surface area (Å²) in [5.41, 5.74) is -0.500. The topological polar surface area (TPSA) is 95.3 Å². The molecule has 0 radical (unpaired) electrons. The summed E-state index contributed by atoms with van der Waals surface area (Å²) in [7, 11) is 0. The molecule has 1 N–H and O–H groups in total. The van der Waals surface area contributed by atoms with E-state index in [1.807, 2.05) is 13.8 Å². The number of alkyl halides is 3. The van der Waals surface area contributed by atoms with E-state index in [2.05, 4.69) is 15.5 Å². The maximum Gasteiger partial charge on any atom is 0.416 e. The van der Waals surface area contributed by atoms with Gasteiger partial charge in [0.1, 0.15) is 17.4 Å². The minimum Gasteiger partial charge on any atom is -0.486 e. The van der Waals surface area contributed by atoms with E-state index >= 15 is 0 Å². The predicted octanol–water partition coefficient (Wildman–Crippen LogP) is 5.17. The first-order valence-corrected chi connectivity index (χ1v) is 12.3. The molecule has 0 unspecified atom stereocenters. The van der Waals surface area contributed by atoms with Crippen LogP contribution in [-0.4, -0.2) is 39.0 Å². The number of aryl methyl sites for hydroxylation is 1. The van der Waals surface area contributed by atoms with Crippen molar-refractivity contribution in [3.63, 3.8) is 0 Å². The smallest absolute Gasteiger partial charge is 0.416 e. The fourth-order valence-corrected chi connectivity index (χ4v) is 4.76. The second-order valence-electron chi connectivity index (χ2n) is 7.11. The van der Waals surface area contributed by atoms with Crippen molar-refractivity contribution < 1.29 is 32.2 Å². The SMILES string of the molecule is CCOC(=O)c1cc(C)sc1NC(=O)CSc1nnc(COc2cccc(C(F)(F)F)c2)n1CC. The lowest BCUT2D eigenvalue weighted by atomic mass is 10.2. The molecule has 1 aromatic carbocycles. The van der Waals surface area contributed by atoms with Crippen molar-refractivity contribution in [2.75, 3.05) is 17.7 Å². The lowest BCUT2D eigenvalue weighted by molar-refractivity contribution is -0.137. The predicted molar refractivity (Wildman–Crippen MR) is 126 cm³/mol. The van der Waals surface area contributed by atoms with Crippen LogP contribution in [0.2, 0.25) is 0 Å². The van der Waals surface area contributed by atoms with Crippen LogP contribution in [0, 0.1) is 6.92 Å². The van der Waals surface area contributed by atoms with Crippen molar-refractivity contribution in [3.8, 4) is 5.75 Å². The molecule has 8 nitrogen and oxygen atoms in total. The Kier molecular flexibility index (Phi) is 8.78. The zero-order chi connectivity index (χ0) is 25.6. The van der Waals surface area contributed by atoms with E-state index in [-0.39, 0.29) is 30.6 Å². The Morgan fingerprint density at radius 2 is 1.97 bits per heavy atom. The lowest BCUT2D eigenvalue weighted by Crippen LogP contribution is -2.16. The van der Waals surface area contributed by atoms with E-state index in [9.17, 15) is 22.8 Å². The monoisotopic (exact) mass is 528 g/mol. The van der Waals surface area contributed by atoms with Gasteiger partial charge >= 0.3 is 12.1 Å². The molecule has 3 rings (SSSR count). The van der Waals surface area contributed by atoms with E-state index in [0.29, 0.717) is 28.1 Å². The van der Waals surface area contributed by atoms with Gasteiger partial charge in [0.2, 0.25) is 5.91 Å². The maximum atomic E-state index is 12.9. The highest BCUT2D eigenvalue weighted by Gasteiger charge is 2.30. The van der Waals surface area contributed by atoms with Crippen LogP contribution in [0.4, 0.5) is 18.2 Å². The highest BCUT2D eigenvalue weighted by atomic mass is 32.2. The summed E-state index contributed by atoms with van der Waals surface area (Å²) < 4.78 is 50.9. The van der Waals surface area contributed by atoms with E-state index in [4.69, 9.17) is 9.47 Å². The number of carbonyl (C=O) groups is 2. The molecule has 0 aliphatic carbocycles. The van der Waals surface area contributed by atoms with Gasteiger partial charge in [-0.05, 0) is 45.0 Å². The second kappa shape index (κ2) is 11.6. The lowest BCUT2D eigenvalue weighted by Gasteiger charge is -2.11. The zero-order valence-corrected chi connectivity index (χ0v) is 20.8. The molecule has 0 saturated carbocycles. The van der Waals surface area contributed by atoms with Gasteiger partial charge in [0.25, 0.3) is 0 Å². The Labute approximate surface area is 207 Å². The molecular formula is C22H23F3N4O4S2. The Morgan fingerprint density at radius 3 is 2.66 bits per heavy atom. The van der Waals surface area contributed by atoms with E-state index in [1.54, 1.807) is 17.6 Å². The zero-order valence-electron chi connectivity index (χ0n) is 19.1. The molecule has 3 aromatic rings. The van der Waals surface area contributed by atoms with Gasteiger partial charge in [-0.25, -0.2) is 4.79 Å². The third-order valence-corrected chi connectivity index (χ3v) is 6.51. The molecule has 0 aliphatic heterocycles. The molecule has 0 spiro atoms. The molecule has 0 atom stereocenters. The van der Waals surface area contributed by atoms with E-state index in [0.717, 1.165) is 28.8 Å². The van der Waals surface area contributed by atoms with Crippen molar-refractivity contribution in [1.82, 2.24) is 14.8 Å². The number of carbonyl (C=O) groups excluding carboxylic acids is 2. The fourth-order valence-electron chi connectivity index (χ4n) is 3.02. The van der Waals surface area contributed by atoms with Gasteiger partial charge in [-0.3, -0.25) is 4.79 Å². The number of ether oxygens (including phenoxy) is 2. The number of hydrogen-bond donors (Lipinski definition) is 1. The number of amides is 1. The number of aromatic nitrogens is 3. The standard InChI is InChI=1S/C22H23F3N4O4S2/c1-4-29-17(11-33-15-8-6-7-14(10-15)22(23,24)25)27-28-21(29)34-12-18(30)26-19-16(9-13(3)35-19)20(31)32-5-2/h6-10H,4-5,11-12H2,1-3H3,(H,26,30). The first kappa shape index (κ1) is 26.5. The molecule has 0 fully saturated rings. The summed E-state index contributed by atoms with van der Waals surface area (Å²) in [6.45, 7) is 5.98. The fraction of sp³-hybridized carbons (Fsp3) is 0.364. The number of nitrogens with zero attached hydrogens (tertiary/aromatic N) is 3. The summed E-state index contributed by atoms with van der Waals surface area (Å²) in [6, 6.07) is 6.25. The van der Waals surface area contributed by atoms with Crippen LogP contribution >= 0.6 is 23.1 Å². The molecule has 1 amide bonds. The second-order valence-corrected chi connectivity index (χ2v) is 9.31. The minimum absolute atomic E-state index is 0.00579. The molecule has 35 heavy (non-hydrogen) atoms. The Bertz CT molecular complexity index is 1190. The quantitative estimate of drug-likeness (QED) is 0.286. The Morgan fingerprint density at radius 1 is 1.20 bits per heavy atom. The van der Waals surface area contributed by atoms with Gasteiger partial charge in [0.05, 0.1) is 23.5 Å². The van der Waals surface area contributed by atoms with Crippen molar-refractivity contribution in [2.24, 2.45) is 0 Å². The number of esters is 1. The number of nitrogens with one attached hydrogen (secondary N) is 1. The van der Waals surface area contributed by atoms with Crippen molar-refractivity contribution in [3.05, 3.63) is 52.2 Å². The Balaban J connectivity index is 1.61. The van der Waals surface area contributed by atoms with Gasteiger partial charge in [0, 0.05) is 11.4 Å². The molecule has 13 heteroatoms. The minimum atomic E-state index is -4.47. The van der Waals surface area contributed by atoms with Crippen LogP contribution < -0.4 is 10.1 Å². The molecule has 0 saturated heterocycles. The summed E-state index contributed by atoms with van der Waals surface area (Å²) >= 11 is 2.42. The number of hydrogen-bond acceptors (Lipinski definition) is 8. The summed E-state index contributed by atoms with van der Waals surface area (Å²) in [4.78, 5) is 25.5. The van der Waals surface area contributed by atoms with Gasteiger partial charge in [-0.15, -0.1) is 21.5 Å². The highest BCUT2D eigenvalue weighted by Crippen LogP contribution is 2.32. The molecule has 0 bridgehead atoms. The van der Waals surface area contributed by atoms with Gasteiger partial charge in [-0.2, -0.15) is 13.2 Å². The van der Waals surface area contributed by atoms with Gasteiger partial charge in [0.15, 0.2) is 11.0 Å². The van der Waals surface area contributed by atoms with Crippen molar-refractivity contribution >= 4 is 40.0 Å². The number of rotatable bonds is 10. The number of halogens is 3. The van der Waals surface area contributed by atoms with Crippen LogP contribution in [0.1, 0.15) is 40.5 Å². The van der Waals surface area contributed by atoms with Crippen molar-refractivity contribution in [1.29, 1.82) is 0 Å². The summed E-state index contributed by atoms with van der Waals surface area (Å²) in [5, 5.41) is 11.7. The molecule has 2 aromatic heterocycles. The maximum absolute atomic E-state index is 12.9. The molecule has 0 aliphatic rings. The normalized spacial score (nSPS) is 11.4. The number of thiophene rings is 1. The number of benzene rings is 1. The number of thioether (sulfide) groups is 1. The first-order chi connectivity index (χ1) is 16.6. The van der Waals surface area contributed by atoms with Crippen LogP contribution in [-0.2, 0) is 28.9 Å². The van der Waals surface area contributed by atoms with Crippen LogP contribution in [0.5, 0.6) is 5.75 Å². The van der Waals surface area contributed by atoms with Crippen LogP contribution in [0.3, 0.4) is 0 Å². The third-order valence-electron chi connectivity index (χ3n) is 4.57. The average molecular weight is 529 g/mol. The van der Waals surface area contributed by atoms with Gasteiger partial charge in [-0.1, -0.05) is 17.8 Å².